The number of Topliss-reactive ketones (excluding diaryl/α,β-unsaturated/α-hetero) is 1. The molecule has 1 unspecified atom stereocenters. The van der Waals surface area contributed by atoms with E-state index in [0.29, 0.717) is 28.8 Å². The number of nitrogens with one attached hydrogen (secondary N) is 1. The van der Waals surface area contributed by atoms with Gasteiger partial charge in [-0.25, -0.2) is 0 Å². The van der Waals surface area contributed by atoms with Crippen molar-refractivity contribution in [2.45, 2.75) is 25.8 Å². The molecule has 0 bridgehead atoms. The van der Waals surface area contributed by atoms with Crippen molar-refractivity contribution in [1.82, 2.24) is 4.90 Å². The van der Waals surface area contributed by atoms with E-state index in [2.05, 4.69) is 10.2 Å². The Hall–Kier alpha value is -1.88. The number of halogens is 2. The van der Waals surface area contributed by atoms with Gasteiger partial charge in [-0.3, -0.25) is 14.5 Å². The van der Waals surface area contributed by atoms with Crippen LogP contribution in [-0.4, -0.2) is 35.7 Å². The Kier molecular flexibility index (Phi) is 6.53. The molecule has 142 valence electrons. The number of hydrogen-bond donors (Lipinski definition) is 1. The van der Waals surface area contributed by atoms with Crippen molar-refractivity contribution >= 4 is 40.6 Å². The van der Waals surface area contributed by atoms with Gasteiger partial charge in [-0.15, -0.1) is 0 Å². The number of nitrogens with zero attached hydrogens (tertiary/aromatic N) is 1. The van der Waals surface area contributed by atoms with Crippen LogP contribution in [0.1, 0.15) is 30.1 Å². The van der Waals surface area contributed by atoms with E-state index in [1.165, 1.54) is 0 Å². The van der Waals surface area contributed by atoms with E-state index in [1.54, 1.807) is 18.2 Å². The van der Waals surface area contributed by atoms with Crippen LogP contribution in [0.5, 0.6) is 0 Å². The van der Waals surface area contributed by atoms with Gasteiger partial charge in [0, 0.05) is 11.5 Å². The molecule has 1 atom stereocenters. The molecule has 0 aliphatic carbocycles. The van der Waals surface area contributed by atoms with E-state index in [1.807, 2.05) is 37.3 Å². The molecule has 3 rings (SSSR count). The third-order valence-electron chi connectivity index (χ3n) is 5.10. The minimum atomic E-state index is -0.329. The lowest BCUT2D eigenvalue weighted by atomic mass is 9.88. The van der Waals surface area contributed by atoms with Gasteiger partial charge in [-0.2, -0.15) is 0 Å². The number of rotatable bonds is 5. The topological polar surface area (TPSA) is 49.4 Å². The molecule has 4 nitrogen and oxygen atoms in total. The lowest BCUT2D eigenvalue weighted by molar-refractivity contribution is -0.121. The second-order valence-electron chi connectivity index (χ2n) is 6.80. The summed E-state index contributed by atoms with van der Waals surface area (Å²) in [7, 11) is 0. The molecule has 6 heteroatoms. The van der Waals surface area contributed by atoms with Crippen molar-refractivity contribution in [2.75, 3.05) is 18.4 Å². The highest BCUT2D eigenvalue weighted by molar-refractivity contribution is 6.39. The van der Waals surface area contributed by atoms with Crippen molar-refractivity contribution in [1.29, 1.82) is 0 Å². The number of anilines is 1. The van der Waals surface area contributed by atoms with Crippen LogP contribution in [0.15, 0.2) is 48.5 Å². The predicted molar refractivity (Wildman–Crippen MR) is 110 cm³/mol. The Balaban J connectivity index is 1.57. The molecule has 1 aliphatic heterocycles. The third kappa shape index (κ3) is 4.70. The molecule has 0 saturated carbocycles. The molecule has 1 heterocycles. The molecule has 1 amide bonds. The fourth-order valence-corrected chi connectivity index (χ4v) is 3.89. The SMILES string of the molecule is CC(C(=O)Nc1c(Cl)cccc1Cl)N1CCC(C(=O)c2ccccc2)CC1. The Morgan fingerprint density at radius 1 is 1.00 bits per heavy atom. The summed E-state index contributed by atoms with van der Waals surface area (Å²) in [6.07, 6.45) is 1.50. The summed E-state index contributed by atoms with van der Waals surface area (Å²) in [5.41, 5.74) is 1.20. The molecule has 27 heavy (non-hydrogen) atoms. The van der Waals surface area contributed by atoms with Crippen LogP contribution in [0.2, 0.25) is 10.0 Å². The highest BCUT2D eigenvalue weighted by Crippen LogP contribution is 2.30. The first-order valence-electron chi connectivity index (χ1n) is 9.05. The van der Waals surface area contributed by atoms with Crippen molar-refractivity contribution in [2.24, 2.45) is 5.92 Å². The van der Waals surface area contributed by atoms with Gasteiger partial charge in [0.2, 0.25) is 5.91 Å². The summed E-state index contributed by atoms with van der Waals surface area (Å²) in [6.45, 7) is 3.27. The number of ketones is 1. The summed E-state index contributed by atoms with van der Waals surface area (Å²) in [5.74, 6) is 0.0463. The minimum Gasteiger partial charge on any atom is -0.322 e. The van der Waals surface area contributed by atoms with E-state index >= 15 is 0 Å². The average molecular weight is 405 g/mol. The van der Waals surface area contributed by atoms with Gasteiger partial charge in [0.05, 0.1) is 21.8 Å². The Morgan fingerprint density at radius 2 is 1.59 bits per heavy atom. The average Bonchev–Trinajstić information content (AvgIpc) is 2.70. The monoisotopic (exact) mass is 404 g/mol. The number of piperidine rings is 1. The Bertz CT molecular complexity index is 798. The van der Waals surface area contributed by atoms with Crippen LogP contribution < -0.4 is 5.32 Å². The van der Waals surface area contributed by atoms with Crippen molar-refractivity contribution in [3.63, 3.8) is 0 Å². The highest BCUT2D eigenvalue weighted by atomic mass is 35.5. The molecule has 2 aromatic carbocycles. The standard InChI is InChI=1S/C21H22Cl2N2O2/c1-14(21(27)24-19-17(22)8-5-9-18(19)23)25-12-10-16(11-13-25)20(26)15-6-3-2-4-7-15/h2-9,14,16H,10-13H2,1H3,(H,24,27). The lowest BCUT2D eigenvalue weighted by Crippen LogP contribution is -2.47. The van der Waals surface area contributed by atoms with Gasteiger partial charge >= 0.3 is 0 Å². The molecule has 2 aromatic rings. The van der Waals surface area contributed by atoms with E-state index in [4.69, 9.17) is 23.2 Å². The zero-order chi connectivity index (χ0) is 19.4. The second-order valence-corrected chi connectivity index (χ2v) is 7.62. The maximum absolute atomic E-state index is 12.6. The fraction of sp³-hybridized carbons (Fsp3) is 0.333. The molecule has 0 aromatic heterocycles. The predicted octanol–water partition coefficient (Wildman–Crippen LogP) is 4.92. The van der Waals surface area contributed by atoms with Gasteiger partial charge in [-0.1, -0.05) is 59.6 Å². The maximum Gasteiger partial charge on any atom is 0.241 e. The summed E-state index contributed by atoms with van der Waals surface area (Å²) in [4.78, 5) is 27.3. The Morgan fingerprint density at radius 3 is 2.19 bits per heavy atom. The first kappa shape index (κ1) is 19.9. The molecular weight excluding hydrogens is 383 g/mol. The van der Waals surface area contributed by atoms with E-state index in [9.17, 15) is 9.59 Å². The van der Waals surface area contributed by atoms with Crippen molar-refractivity contribution in [3.8, 4) is 0 Å². The Labute approximate surface area is 169 Å². The van der Waals surface area contributed by atoms with Gasteiger partial charge in [0.15, 0.2) is 5.78 Å². The summed E-state index contributed by atoms with van der Waals surface area (Å²) in [5, 5.41) is 3.65. The normalized spacial score (nSPS) is 16.7. The largest absolute Gasteiger partial charge is 0.322 e. The molecule has 1 N–H and O–H groups in total. The number of amides is 1. The maximum atomic E-state index is 12.6. The molecule has 1 saturated heterocycles. The number of benzene rings is 2. The van der Waals surface area contributed by atoms with Crippen molar-refractivity contribution in [3.05, 3.63) is 64.1 Å². The highest BCUT2D eigenvalue weighted by Gasteiger charge is 2.30. The number of para-hydroxylation sites is 1. The summed E-state index contributed by atoms with van der Waals surface area (Å²) in [6, 6.07) is 14.2. The second kappa shape index (κ2) is 8.87. The van der Waals surface area contributed by atoms with Crippen LogP contribution in [0, 0.1) is 5.92 Å². The molecule has 1 fully saturated rings. The number of hydrogen-bond acceptors (Lipinski definition) is 3. The van der Waals surface area contributed by atoms with Crippen LogP contribution in [0.25, 0.3) is 0 Å². The lowest BCUT2D eigenvalue weighted by Gasteiger charge is -2.34. The van der Waals surface area contributed by atoms with Gasteiger partial charge in [0.1, 0.15) is 0 Å². The zero-order valence-corrected chi connectivity index (χ0v) is 16.6. The van der Waals surface area contributed by atoms with Gasteiger partial charge < -0.3 is 5.32 Å². The van der Waals surface area contributed by atoms with Crippen LogP contribution in [0.3, 0.4) is 0 Å². The molecule has 0 spiro atoms. The van der Waals surface area contributed by atoms with Gasteiger partial charge in [-0.05, 0) is 45.0 Å². The quantitative estimate of drug-likeness (QED) is 0.719. The van der Waals surface area contributed by atoms with E-state index in [-0.39, 0.29) is 23.7 Å². The van der Waals surface area contributed by atoms with E-state index in [0.717, 1.165) is 18.4 Å². The molecule has 1 aliphatic rings. The summed E-state index contributed by atoms with van der Waals surface area (Å²) < 4.78 is 0. The van der Waals surface area contributed by atoms with Crippen LogP contribution in [-0.2, 0) is 4.79 Å². The number of likely N-dealkylation sites (tertiary alicyclic amines) is 1. The first-order chi connectivity index (χ1) is 13.0. The fourth-order valence-electron chi connectivity index (χ4n) is 3.40. The number of carbonyl (C=O) groups excluding carboxylic acids is 2. The van der Waals surface area contributed by atoms with Gasteiger partial charge in [0.25, 0.3) is 0 Å². The zero-order valence-electron chi connectivity index (χ0n) is 15.1. The molecular formula is C21H22Cl2N2O2. The molecule has 0 radical (unpaired) electrons. The minimum absolute atomic E-state index is 0.0110. The summed E-state index contributed by atoms with van der Waals surface area (Å²) >= 11 is 12.3. The van der Waals surface area contributed by atoms with Crippen LogP contribution in [0.4, 0.5) is 5.69 Å². The third-order valence-corrected chi connectivity index (χ3v) is 5.73. The first-order valence-corrected chi connectivity index (χ1v) is 9.81. The van der Waals surface area contributed by atoms with E-state index < -0.39 is 0 Å². The van der Waals surface area contributed by atoms with Crippen LogP contribution >= 0.6 is 23.2 Å². The smallest absolute Gasteiger partial charge is 0.241 e. The van der Waals surface area contributed by atoms with Crippen molar-refractivity contribution < 1.29 is 9.59 Å². The number of carbonyl (C=O) groups is 2.